The molecule has 2 heterocycles. The fourth-order valence-corrected chi connectivity index (χ4v) is 1.86. The minimum Gasteiger partial charge on any atom is -0.340 e. The Balaban J connectivity index is 1.88. The molecule has 3 rings (SSSR count). The highest BCUT2D eigenvalue weighted by Crippen LogP contribution is 2.18. The van der Waals surface area contributed by atoms with E-state index in [1.807, 2.05) is 36.5 Å². The Kier molecular flexibility index (Phi) is 3.13. The lowest BCUT2D eigenvalue weighted by Crippen LogP contribution is -1.97. The van der Waals surface area contributed by atoms with Gasteiger partial charge in [0.1, 0.15) is 5.82 Å². The molecule has 0 aliphatic carbocycles. The van der Waals surface area contributed by atoms with Gasteiger partial charge >= 0.3 is 0 Å². The SMILES string of the molecule is N#Cc1ccnc(Nc2cccc(-n3cccn3)c2)c1. The fourth-order valence-electron chi connectivity index (χ4n) is 1.86. The van der Waals surface area contributed by atoms with Crippen molar-refractivity contribution in [1.82, 2.24) is 14.8 Å². The first kappa shape index (κ1) is 11.9. The van der Waals surface area contributed by atoms with Crippen LogP contribution in [-0.4, -0.2) is 14.8 Å². The van der Waals surface area contributed by atoms with Crippen molar-refractivity contribution in [2.45, 2.75) is 0 Å². The maximum atomic E-state index is 8.88. The summed E-state index contributed by atoms with van der Waals surface area (Å²) >= 11 is 0. The van der Waals surface area contributed by atoms with Gasteiger partial charge in [0.25, 0.3) is 0 Å². The van der Waals surface area contributed by atoms with Crippen LogP contribution in [0.15, 0.2) is 61.1 Å². The van der Waals surface area contributed by atoms with Crippen LogP contribution in [0.4, 0.5) is 11.5 Å². The molecule has 3 aromatic rings. The predicted octanol–water partition coefficient (Wildman–Crippen LogP) is 2.88. The summed E-state index contributed by atoms with van der Waals surface area (Å²) in [6.07, 6.45) is 5.23. The van der Waals surface area contributed by atoms with Gasteiger partial charge in [-0.25, -0.2) is 9.67 Å². The lowest BCUT2D eigenvalue weighted by molar-refractivity contribution is 0.881. The molecule has 0 fully saturated rings. The average molecular weight is 261 g/mol. The second kappa shape index (κ2) is 5.24. The van der Waals surface area contributed by atoms with Gasteiger partial charge in [-0.05, 0) is 36.4 Å². The summed E-state index contributed by atoms with van der Waals surface area (Å²) in [6.45, 7) is 0. The normalized spacial score (nSPS) is 9.95. The highest BCUT2D eigenvalue weighted by molar-refractivity contribution is 5.60. The van der Waals surface area contributed by atoms with E-state index in [0.717, 1.165) is 11.4 Å². The van der Waals surface area contributed by atoms with E-state index in [2.05, 4.69) is 21.5 Å². The van der Waals surface area contributed by atoms with Gasteiger partial charge in [-0.1, -0.05) is 6.07 Å². The first-order valence-corrected chi connectivity index (χ1v) is 6.08. The largest absolute Gasteiger partial charge is 0.340 e. The van der Waals surface area contributed by atoms with E-state index in [9.17, 15) is 0 Å². The van der Waals surface area contributed by atoms with Crippen LogP contribution in [-0.2, 0) is 0 Å². The summed E-state index contributed by atoms with van der Waals surface area (Å²) in [7, 11) is 0. The number of aromatic nitrogens is 3. The zero-order valence-corrected chi connectivity index (χ0v) is 10.6. The molecule has 1 N–H and O–H groups in total. The van der Waals surface area contributed by atoms with Gasteiger partial charge in [-0.2, -0.15) is 10.4 Å². The van der Waals surface area contributed by atoms with Gasteiger partial charge < -0.3 is 5.32 Å². The molecule has 96 valence electrons. The molecule has 2 aromatic heterocycles. The number of nitrogens with zero attached hydrogens (tertiary/aromatic N) is 4. The lowest BCUT2D eigenvalue weighted by Gasteiger charge is -2.08. The molecule has 0 saturated heterocycles. The van der Waals surface area contributed by atoms with Gasteiger partial charge in [0.05, 0.1) is 17.3 Å². The van der Waals surface area contributed by atoms with Crippen molar-refractivity contribution in [1.29, 1.82) is 5.26 Å². The summed E-state index contributed by atoms with van der Waals surface area (Å²) in [4.78, 5) is 4.19. The van der Waals surface area contributed by atoms with Crippen molar-refractivity contribution in [3.8, 4) is 11.8 Å². The molecule has 1 aromatic carbocycles. The second-order valence-electron chi connectivity index (χ2n) is 4.17. The minimum absolute atomic E-state index is 0.575. The van der Waals surface area contributed by atoms with Crippen molar-refractivity contribution in [2.24, 2.45) is 0 Å². The highest BCUT2D eigenvalue weighted by Gasteiger charge is 2.01. The number of hydrogen-bond donors (Lipinski definition) is 1. The molecule has 0 saturated carbocycles. The molecule has 0 bridgehead atoms. The first-order valence-electron chi connectivity index (χ1n) is 6.08. The number of hydrogen-bond acceptors (Lipinski definition) is 4. The molecule has 0 spiro atoms. The third kappa shape index (κ3) is 2.49. The van der Waals surface area contributed by atoms with E-state index < -0.39 is 0 Å². The molecule has 5 heteroatoms. The molecular formula is C15H11N5. The smallest absolute Gasteiger partial charge is 0.131 e. The van der Waals surface area contributed by atoms with E-state index >= 15 is 0 Å². The minimum atomic E-state index is 0.575. The summed E-state index contributed by atoms with van der Waals surface area (Å²) in [5, 5.41) is 16.2. The Morgan fingerprint density at radius 1 is 1.10 bits per heavy atom. The molecule has 0 radical (unpaired) electrons. The van der Waals surface area contributed by atoms with Crippen LogP contribution in [0.3, 0.4) is 0 Å². The topological polar surface area (TPSA) is 66.5 Å². The third-order valence-electron chi connectivity index (χ3n) is 2.78. The summed E-state index contributed by atoms with van der Waals surface area (Å²) in [5.41, 5.74) is 2.42. The van der Waals surface area contributed by atoms with E-state index in [1.54, 1.807) is 29.2 Å². The third-order valence-corrected chi connectivity index (χ3v) is 2.78. The van der Waals surface area contributed by atoms with Crippen molar-refractivity contribution < 1.29 is 0 Å². The molecule has 0 aliphatic rings. The maximum absolute atomic E-state index is 8.88. The van der Waals surface area contributed by atoms with Crippen LogP contribution in [0.5, 0.6) is 0 Å². The van der Waals surface area contributed by atoms with Gasteiger partial charge in [0, 0.05) is 24.3 Å². The Morgan fingerprint density at radius 2 is 2.05 bits per heavy atom. The van der Waals surface area contributed by atoms with Crippen LogP contribution in [0.25, 0.3) is 5.69 Å². The Labute approximate surface area is 116 Å². The number of benzene rings is 1. The zero-order chi connectivity index (χ0) is 13.8. The monoisotopic (exact) mass is 261 g/mol. The Morgan fingerprint density at radius 3 is 2.85 bits per heavy atom. The van der Waals surface area contributed by atoms with Crippen molar-refractivity contribution >= 4 is 11.5 Å². The Hall–Kier alpha value is -3.13. The van der Waals surface area contributed by atoms with Crippen molar-refractivity contribution in [2.75, 3.05) is 5.32 Å². The van der Waals surface area contributed by atoms with Crippen LogP contribution < -0.4 is 5.32 Å². The molecule has 20 heavy (non-hydrogen) atoms. The summed E-state index contributed by atoms with van der Waals surface area (Å²) < 4.78 is 1.78. The molecule has 0 atom stereocenters. The van der Waals surface area contributed by atoms with Crippen LogP contribution >= 0.6 is 0 Å². The van der Waals surface area contributed by atoms with E-state index in [-0.39, 0.29) is 0 Å². The summed E-state index contributed by atoms with van der Waals surface area (Å²) in [5.74, 6) is 0.640. The molecule has 0 unspecified atom stereocenters. The maximum Gasteiger partial charge on any atom is 0.131 e. The van der Waals surface area contributed by atoms with E-state index in [1.165, 1.54) is 0 Å². The highest BCUT2D eigenvalue weighted by atomic mass is 15.3. The lowest BCUT2D eigenvalue weighted by atomic mass is 10.2. The number of nitrogens with one attached hydrogen (secondary N) is 1. The molecule has 0 aliphatic heterocycles. The summed E-state index contributed by atoms with van der Waals surface area (Å²) in [6, 6.07) is 15.2. The number of pyridine rings is 1. The fraction of sp³-hybridized carbons (Fsp3) is 0. The van der Waals surface area contributed by atoms with E-state index in [0.29, 0.717) is 11.4 Å². The van der Waals surface area contributed by atoms with Gasteiger partial charge in [0.2, 0.25) is 0 Å². The van der Waals surface area contributed by atoms with Crippen LogP contribution in [0.1, 0.15) is 5.56 Å². The van der Waals surface area contributed by atoms with Crippen molar-refractivity contribution in [3.63, 3.8) is 0 Å². The average Bonchev–Trinajstić information content (AvgIpc) is 3.02. The number of anilines is 2. The predicted molar refractivity (Wildman–Crippen MR) is 75.8 cm³/mol. The molecular weight excluding hydrogens is 250 g/mol. The van der Waals surface area contributed by atoms with Crippen LogP contribution in [0.2, 0.25) is 0 Å². The second-order valence-corrected chi connectivity index (χ2v) is 4.17. The van der Waals surface area contributed by atoms with Gasteiger partial charge in [-0.3, -0.25) is 0 Å². The number of rotatable bonds is 3. The number of nitriles is 1. The molecule has 5 nitrogen and oxygen atoms in total. The Bertz CT molecular complexity index is 756. The van der Waals surface area contributed by atoms with Crippen LogP contribution in [0, 0.1) is 11.3 Å². The van der Waals surface area contributed by atoms with Gasteiger partial charge in [0.15, 0.2) is 0 Å². The van der Waals surface area contributed by atoms with Crippen molar-refractivity contribution in [3.05, 3.63) is 66.6 Å². The first-order chi connectivity index (χ1) is 9.85. The standard InChI is InChI=1S/C15H11N5/c16-11-12-5-7-17-15(9-12)19-13-3-1-4-14(10-13)20-8-2-6-18-20/h1-10H,(H,17,19). The molecule has 0 amide bonds. The van der Waals surface area contributed by atoms with Gasteiger partial charge in [-0.15, -0.1) is 0 Å². The quantitative estimate of drug-likeness (QED) is 0.787. The van der Waals surface area contributed by atoms with E-state index in [4.69, 9.17) is 5.26 Å². The zero-order valence-electron chi connectivity index (χ0n) is 10.6.